The van der Waals surface area contributed by atoms with Gasteiger partial charge in [0, 0.05) is 0 Å². The van der Waals surface area contributed by atoms with Gasteiger partial charge in [0.25, 0.3) is 6.29 Å². The maximum Gasteiger partial charge on any atom is 0.261 e. The third kappa shape index (κ3) is 3.03. The lowest BCUT2D eigenvalue weighted by Gasteiger charge is -2.09. The van der Waals surface area contributed by atoms with Crippen molar-refractivity contribution in [1.29, 1.82) is 0 Å². The number of carbonyl (C=O) groups excluding carboxylic acids is 1. The Hall–Kier alpha value is -1.61. The Kier molecular flexibility index (Phi) is 3.88. The number of aliphatic hydroxyl groups excluding tert-OH is 1. The zero-order valence-corrected chi connectivity index (χ0v) is 7.81. The molecule has 0 aliphatic rings. The molecule has 0 saturated heterocycles. The van der Waals surface area contributed by atoms with Crippen LogP contribution in [0, 0.1) is 6.07 Å². The van der Waals surface area contributed by atoms with Crippen molar-refractivity contribution in [2.75, 3.05) is 0 Å². The van der Waals surface area contributed by atoms with Crippen LogP contribution in [0.3, 0.4) is 0 Å². The van der Waals surface area contributed by atoms with Crippen LogP contribution in [0.1, 0.15) is 6.92 Å². The minimum Gasteiger partial charge on any atom is -0.457 e. The van der Waals surface area contributed by atoms with Crippen LogP contribution < -0.4 is 4.74 Å². The quantitative estimate of drug-likeness (QED) is 0.577. The van der Waals surface area contributed by atoms with Crippen molar-refractivity contribution in [3.8, 4) is 5.75 Å². The van der Waals surface area contributed by atoms with Crippen LogP contribution in [0.2, 0.25) is 0 Å². The first-order valence-electron chi connectivity index (χ1n) is 4.21. The van der Waals surface area contributed by atoms with E-state index in [4.69, 9.17) is 4.74 Å². The lowest BCUT2D eigenvalue weighted by molar-refractivity contribution is -0.135. The van der Waals surface area contributed by atoms with Crippen molar-refractivity contribution in [2.45, 2.75) is 13.2 Å². The molecule has 0 amide bonds. The number of carbonyl (C=O) groups is 1. The van der Waals surface area contributed by atoms with E-state index in [0.29, 0.717) is 5.75 Å². The monoisotopic (exact) mass is 191 g/mol. The highest BCUT2D eigenvalue weighted by molar-refractivity contribution is 5.92. The lowest BCUT2D eigenvalue weighted by atomic mass is 10.3. The summed E-state index contributed by atoms with van der Waals surface area (Å²) in [6.07, 6.45) is 1.38. The fourth-order valence-corrected chi connectivity index (χ4v) is 0.884. The van der Waals surface area contributed by atoms with Gasteiger partial charge in [0.2, 0.25) is 5.78 Å². The first kappa shape index (κ1) is 10.5. The molecular formula is C11H11O3. The number of aliphatic hydroxyl groups is 1. The van der Waals surface area contributed by atoms with Gasteiger partial charge in [0.1, 0.15) is 5.75 Å². The van der Waals surface area contributed by atoms with Crippen molar-refractivity contribution in [2.24, 2.45) is 0 Å². The van der Waals surface area contributed by atoms with Gasteiger partial charge < -0.3 is 9.84 Å². The summed E-state index contributed by atoms with van der Waals surface area (Å²) in [6.45, 7) is 1.70. The second kappa shape index (κ2) is 5.19. The van der Waals surface area contributed by atoms with Crippen LogP contribution >= 0.6 is 0 Å². The molecule has 3 heteroatoms. The molecule has 14 heavy (non-hydrogen) atoms. The summed E-state index contributed by atoms with van der Waals surface area (Å²) >= 11 is 0. The predicted molar refractivity (Wildman–Crippen MR) is 51.7 cm³/mol. The summed E-state index contributed by atoms with van der Waals surface area (Å²) in [5.41, 5.74) is 0. The van der Waals surface area contributed by atoms with Crippen molar-refractivity contribution >= 4 is 5.78 Å². The third-order valence-electron chi connectivity index (χ3n) is 1.51. The molecule has 0 spiro atoms. The van der Waals surface area contributed by atoms with Gasteiger partial charge in [-0.1, -0.05) is 18.2 Å². The normalized spacial score (nSPS) is 12.7. The Bertz CT molecular complexity index is 317. The molecule has 0 fully saturated rings. The molecule has 1 atom stereocenters. The minimum atomic E-state index is -1.44. The Labute approximate surface area is 82.6 Å². The summed E-state index contributed by atoms with van der Waals surface area (Å²) in [4.78, 5) is 11.1. The summed E-state index contributed by atoms with van der Waals surface area (Å²) in [6, 6.07) is 9.32. The molecule has 0 saturated carbocycles. The average molecular weight is 191 g/mol. The molecule has 0 aromatic heterocycles. The SMILES string of the molecule is CC=CC(=O)C(O)Oc1cc[c]cc1. The summed E-state index contributed by atoms with van der Waals surface area (Å²) in [7, 11) is 0. The molecule has 3 nitrogen and oxygen atoms in total. The van der Waals surface area contributed by atoms with Gasteiger partial charge in [-0.15, -0.1) is 0 Å². The number of hydrogen-bond acceptors (Lipinski definition) is 3. The molecule has 0 aliphatic carbocycles. The van der Waals surface area contributed by atoms with E-state index in [-0.39, 0.29) is 0 Å². The molecule has 1 radical (unpaired) electrons. The number of ether oxygens (including phenoxy) is 1. The van der Waals surface area contributed by atoms with Crippen LogP contribution in [-0.4, -0.2) is 17.2 Å². The van der Waals surface area contributed by atoms with Gasteiger partial charge in [-0.25, -0.2) is 0 Å². The fourth-order valence-electron chi connectivity index (χ4n) is 0.884. The molecule has 73 valence electrons. The molecule has 1 unspecified atom stereocenters. The second-order valence-corrected chi connectivity index (χ2v) is 2.61. The van der Waals surface area contributed by atoms with E-state index >= 15 is 0 Å². The van der Waals surface area contributed by atoms with E-state index in [2.05, 4.69) is 6.07 Å². The van der Waals surface area contributed by atoms with Crippen LogP contribution in [-0.2, 0) is 4.79 Å². The van der Waals surface area contributed by atoms with E-state index in [0.717, 1.165) is 0 Å². The van der Waals surface area contributed by atoms with Crippen molar-refractivity contribution < 1.29 is 14.6 Å². The fraction of sp³-hybridized carbons (Fsp3) is 0.182. The molecule has 1 rings (SSSR count). The van der Waals surface area contributed by atoms with Gasteiger partial charge in [-0.05, 0) is 31.2 Å². The zero-order chi connectivity index (χ0) is 10.4. The molecule has 1 N–H and O–H groups in total. The van der Waals surface area contributed by atoms with Gasteiger partial charge in [0.05, 0.1) is 0 Å². The number of rotatable bonds is 4. The smallest absolute Gasteiger partial charge is 0.261 e. The lowest BCUT2D eigenvalue weighted by Crippen LogP contribution is -2.24. The highest BCUT2D eigenvalue weighted by Crippen LogP contribution is 2.09. The largest absolute Gasteiger partial charge is 0.457 e. The predicted octanol–water partition coefficient (Wildman–Crippen LogP) is 1.33. The topological polar surface area (TPSA) is 46.5 Å². The number of hydrogen-bond donors (Lipinski definition) is 1. The number of allylic oxidation sites excluding steroid dienone is 1. The maximum absolute atomic E-state index is 11.1. The standard InChI is InChI=1S/C11H11O3/c1-2-6-10(12)11(13)14-9-7-4-3-5-8-9/h2,4-8,11,13H,1H3. The highest BCUT2D eigenvalue weighted by atomic mass is 16.6. The Balaban J connectivity index is 2.57. The van der Waals surface area contributed by atoms with E-state index < -0.39 is 12.1 Å². The van der Waals surface area contributed by atoms with Crippen LogP contribution in [0.4, 0.5) is 0 Å². The van der Waals surface area contributed by atoms with Crippen molar-refractivity contribution in [3.05, 3.63) is 42.5 Å². The van der Waals surface area contributed by atoms with E-state index in [1.165, 1.54) is 6.08 Å². The van der Waals surface area contributed by atoms with Gasteiger partial charge in [-0.2, -0.15) is 0 Å². The molecule has 0 bridgehead atoms. The molecular weight excluding hydrogens is 180 g/mol. The molecule has 0 aliphatic heterocycles. The summed E-state index contributed by atoms with van der Waals surface area (Å²) in [5, 5.41) is 9.27. The van der Waals surface area contributed by atoms with Gasteiger partial charge in [-0.3, -0.25) is 4.79 Å². The molecule has 1 aromatic rings. The first-order valence-corrected chi connectivity index (χ1v) is 4.21. The molecule has 0 heterocycles. The Morgan fingerprint density at radius 3 is 2.79 bits per heavy atom. The van der Waals surface area contributed by atoms with Crippen molar-refractivity contribution in [1.82, 2.24) is 0 Å². The molecule has 1 aromatic carbocycles. The van der Waals surface area contributed by atoms with Gasteiger partial charge >= 0.3 is 0 Å². The van der Waals surface area contributed by atoms with Crippen LogP contribution in [0.5, 0.6) is 5.75 Å². The minimum absolute atomic E-state index is 0.439. The van der Waals surface area contributed by atoms with Crippen LogP contribution in [0.25, 0.3) is 0 Å². The van der Waals surface area contributed by atoms with Crippen molar-refractivity contribution in [3.63, 3.8) is 0 Å². The number of benzene rings is 1. The van der Waals surface area contributed by atoms with E-state index in [9.17, 15) is 9.90 Å². The zero-order valence-electron chi connectivity index (χ0n) is 7.81. The summed E-state index contributed by atoms with van der Waals surface area (Å²) in [5.74, 6) is -0.0329. The van der Waals surface area contributed by atoms with E-state index in [1.807, 2.05) is 0 Å². The highest BCUT2D eigenvalue weighted by Gasteiger charge is 2.12. The van der Waals surface area contributed by atoms with Gasteiger partial charge in [0.15, 0.2) is 0 Å². The average Bonchev–Trinajstić information content (AvgIpc) is 2.19. The second-order valence-electron chi connectivity index (χ2n) is 2.61. The Morgan fingerprint density at radius 1 is 1.57 bits per heavy atom. The van der Waals surface area contributed by atoms with E-state index in [1.54, 1.807) is 37.3 Å². The van der Waals surface area contributed by atoms with Crippen LogP contribution in [0.15, 0.2) is 36.4 Å². The first-order chi connectivity index (χ1) is 6.74. The number of ketones is 1. The maximum atomic E-state index is 11.1. The Morgan fingerprint density at radius 2 is 2.21 bits per heavy atom. The third-order valence-corrected chi connectivity index (χ3v) is 1.51. The summed E-state index contributed by atoms with van der Waals surface area (Å²) < 4.78 is 4.96.